The van der Waals surface area contributed by atoms with E-state index in [1.165, 1.54) is 28.3 Å². The maximum atomic E-state index is 13.9. The van der Waals surface area contributed by atoms with Gasteiger partial charge < -0.3 is 15.0 Å². The van der Waals surface area contributed by atoms with Gasteiger partial charge in [-0.3, -0.25) is 4.90 Å². The Morgan fingerprint density at radius 2 is 2.06 bits per heavy atom. The van der Waals surface area contributed by atoms with Crippen LogP contribution in [0, 0.1) is 5.82 Å². The van der Waals surface area contributed by atoms with Gasteiger partial charge in [0, 0.05) is 24.5 Å². The number of hydrogen-bond donors (Lipinski definition) is 1. The Morgan fingerprint density at radius 3 is 2.84 bits per heavy atom. The predicted molar refractivity (Wildman–Crippen MR) is 127 cm³/mol. The first-order valence-corrected chi connectivity index (χ1v) is 12.2. The van der Waals surface area contributed by atoms with Crippen molar-refractivity contribution in [3.05, 3.63) is 51.9 Å². The molecule has 3 aromatic rings. The summed E-state index contributed by atoms with van der Waals surface area (Å²) in [7, 11) is 4.05. The molecule has 1 aliphatic carbocycles. The zero-order valence-corrected chi connectivity index (χ0v) is 19.6. The van der Waals surface area contributed by atoms with Gasteiger partial charge in [-0.25, -0.2) is 14.4 Å². The van der Waals surface area contributed by atoms with Crippen molar-refractivity contribution in [1.82, 2.24) is 19.8 Å². The Labute approximate surface area is 192 Å². The van der Waals surface area contributed by atoms with E-state index in [0.717, 1.165) is 67.7 Å². The number of halogens is 1. The molecule has 8 heteroatoms. The van der Waals surface area contributed by atoms with Gasteiger partial charge in [-0.05, 0) is 56.6 Å². The number of rotatable bonds is 7. The summed E-state index contributed by atoms with van der Waals surface area (Å²) >= 11 is 1.82. The molecule has 32 heavy (non-hydrogen) atoms. The molecule has 6 nitrogen and oxygen atoms in total. The monoisotopic (exact) mass is 455 g/mol. The zero-order valence-electron chi connectivity index (χ0n) is 18.7. The Kier molecular flexibility index (Phi) is 6.37. The summed E-state index contributed by atoms with van der Waals surface area (Å²) in [5.41, 5.74) is 2.37. The number of benzene rings is 1. The van der Waals surface area contributed by atoms with Crippen LogP contribution in [-0.4, -0.2) is 66.7 Å². The maximum Gasteiger partial charge on any atom is 0.146 e. The van der Waals surface area contributed by atoms with E-state index in [2.05, 4.69) is 15.1 Å². The van der Waals surface area contributed by atoms with Crippen LogP contribution in [0.15, 0.2) is 24.3 Å². The van der Waals surface area contributed by atoms with Gasteiger partial charge in [0.25, 0.3) is 0 Å². The molecule has 1 atom stereocenters. The molecule has 1 N–H and O–H groups in total. The van der Waals surface area contributed by atoms with Crippen LogP contribution in [0.2, 0.25) is 0 Å². The van der Waals surface area contributed by atoms with Gasteiger partial charge in [0.05, 0.1) is 31.2 Å². The Balaban J connectivity index is 1.45. The van der Waals surface area contributed by atoms with Crippen molar-refractivity contribution >= 4 is 27.4 Å². The summed E-state index contributed by atoms with van der Waals surface area (Å²) in [6.07, 6.45) is 3.44. The first-order chi connectivity index (χ1) is 15.6. The lowest BCUT2D eigenvalue weighted by Crippen LogP contribution is -2.36. The number of nitrogens with one attached hydrogen (secondary N) is 1. The first-order valence-electron chi connectivity index (χ1n) is 11.4. The molecule has 3 heterocycles. The minimum absolute atomic E-state index is 0.0325. The van der Waals surface area contributed by atoms with E-state index in [1.807, 2.05) is 31.5 Å². The number of fused-ring (bicyclic) bond motifs is 3. The van der Waals surface area contributed by atoms with Crippen LogP contribution in [0.5, 0.6) is 0 Å². The van der Waals surface area contributed by atoms with Crippen molar-refractivity contribution < 1.29 is 9.13 Å². The van der Waals surface area contributed by atoms with Crippen LogP contribution in [0.4, 0.5) is 10.2 Å². The Hall–Kier alpha value is -2.13. The van der Waals surface area contributed by atoms with Crippen LogP contribution >= 0.6 is 11.3 Å². The minimum Gasteiger partial charge on any atom is -0.379 e. The molecule has 1 fully saturated rings. The summed E-state index contributed by atoms with van der Waals surface area (Å²) in [6.45, 7) is 4.72. The molecule has 1 unspecified atom stereocenters. The fourth-order valence-electron chi connectivity index (χ4n) is 4.70. The van der Waals surface area contributed by atoms with Crippen LogP contribution in [0.1, 0.15) is 34.3 Å². The van der Waals surface area contributed by atoms with Crippen molar-refractivity contribution in [2.45, 2.75) is 31.8 Å². The largest absolute Gasteiger partial charge is 0.379 e. The number of morpholine rings is 1. The van der Waals surface area contributed by atoms with Crippen molar-refractivity contribution in [1.29, 1.82) is 0 Å². The molecular formula is C24H30FN5OS. The van der Waals surface area contributed by atoms with E-state index in [1.54, 1.807) is 12.1 Å². The van der Waals surface area contributed by atoms with E-state index < -0.39 is 0 Å². The normalized spacial score (nSPS) is 17.8. The number of anilines is 1. The average Bonchev–Trinajstić information content (AvgIpc) is 3.35. The third kappa shape index (κ3) is 4.50. The molecule has 0 amide bonds. The third-order valence-electron chi connectivity index (χ3n) is 6.40. The molecule has 2 aromatic heterocycles. The lowest BCUT2D eigenvalue weighted by Gasteiger charge is -2.27. The molecule has 2 aliphatic rings. The SMILES string of the molecule is CN(C)C(CNc1nc(CN2CCOCC2)nc2sc3c(c12)CCC3)c1cccc(F)c1. The number of ether oxygens (including phenoxy) is 1. The zero-order chi connectivity index (χ0) is 22.1. The van der Waals surface area contributed by atoms with Crippen molar-refractivity contribution in [2.75, 3.05) is 52.3 Å². The summed E-state index contributed by atoms with van der Waals surface area (Å²) < 4.78 is 19.4. The molecule has 0 radical (unpaired) electrons. The van der Waals surface area contributed by atoms with Crippen LogP contribution in [0.3, 0.4) is 0 Å². The number of thiophene rings is 1. The van der Waals surface area contributed by atoms with E-state index in [9.17, 15) is 4.39 Å². The highest BCUT2D eigenvalue weighted by Crippen LogP contribution is 2.39. The fourth-order valence-corrected chi connectivity index (χ4v) is 5.98. The van der Waals surface area contributed by atoms with Crippen molar-refractivity contribution in [2.24, 2.45) is 0 Å². The van der Waals surface area contributed by atoms with E-state index in [4.69, 9.17) is 14.7 Å². The van der Waals surface area contributed by atoms with Gasteiger partial charge in [0.15, 0.2) is 0 Å². The second-order valence-electron chi connectivity index (χ2n) is 8.83. The standard InChI is InChI=1S/C24H30FN5OS/c1-29(2)19(16-5-3-6-17(25)13-16)14-26-23-22-18-7-4-8-20(18)32-24(22)28-21(27-23)15-30-9-11-31-12-10-30/h3,5-6,13,19H,4,7-12,14-15H2,1-2H3,(H,26,27,28). The molecule has 0 saturated carbocycles. The van der Waals surface area contributed by atoms with Gasteiger partial charge in [-0.2, -0.15) is 0 Å². The molecule has 0 spiro atoms. The molecule has 1 aliphatic heterocycles. The minimum atomic E-state index is -0.206. The van der Waals surface area contributed by atoms with Gasteiger partial charge in [0.1, 0.15) is 22.3 Å². The quantitative estimate of drug-likeness (QED) is 0.584. The number of aryl methyl sites for hydroxylation is 2. The lowest BCUT2D eigenvalue weighted by molar-refractivity contribution is 0.0331. The van der Waals surface area contributed by atoms with Gasteiger partial charge in [0.2, 0.25) is 0 Å². The second kappa shape index (κ2) is 9.39. The van der Waals surface area contributed by atoms with E-state index >= 15 is 0 Å². The number of nitrogens with zero attached hydrogens (tertiary/aromatic N) is 4. The first kappa shape index (κ1) is 21.7. The lowest BCUT2D eigenvalue weighted by atomic mass is 10.1. The van der Waals surface area contributed by atoms with Crippen molar-refractivity contribution in [3.63, 3.8) is 0 Å². The highest BCUT2D eigenvalue weighted by atomic mass is 32.1. The number of hydrogen-bond acceptors (Lipinski definition) is 7. The summed E-state index contributed by atoms with van der Waals surface area (Å²) in [4.78, 5) is 17.0. The highest BCUT2D eigenvalue weighted by Gasteiger charge is 2.24. The van der Waals surface area contributed by atoms with E-state index in [-0.39, 0.29) is 11.9 Å². The van der Waals surface area contributed by atoms with Crippen LogP contribution in [-0.2, 0) is 24.1 Å². The molecule has 170 valence electrons. The fraction of sp³-hybridized carbons (Fsp3) is 0.500. The average molecular weight is 456 g/mol. The topological polar surface area (TPSA) is 53.5 Å². The molecule has 1 aromatic carbocycles. The Bertz CT molecular complexity index is 1100. The van der Waals surface area contributed by atoms with Crippen molar-refractivity contribution in [3.8, 4) is 0 Å². The van der Waals surface area contributed by atoms with Gasteiger partial charge in [-0.1, -0.05) is 12.1 Å². The number of aromatic nitrogens is 2. The van der Waals surface area contributed by atoms with Crippen LogP contribution < -0.4 is 5.32 Å². The summed E-state index contributed by atoms with van der Waals surface area (Å²) in [6, 6.07) is 6.90. The predicted octanol–water partition coefficient (Wildman–Crippen LogP) is 3.87. The van der Waals surface area contributed by atoms with Gasteiger partial charge in [-0.15, -0.1) is 11.3 Å². The molecule has 0 bridgehead atoms. The summed E-state index contributed by atoms with van der Waals surface area (Å²) in [5.74, 6) is 1.57. The highest BCUT2D eigenvalue weighted by molar-refractivity contribution is 7.19. The van der Waals surface area contributed by atoms with E-state index in [0.29, 0.717) is 6.54 Å². The number of likely N-dealkylation sites (N-methyl/N-ethyl adjacent to an activating group) is 1. The Morgan fingerprint density at radius 1 is 1.22 bits per heavy atom. The maximum absolute atomic E-state index is 13.9. The second-order valence-corrected chi connectivity index (χ2v) is 9.91. The molecular weight excluding hydrogens is 425 g/mol. The van der Waals surface area contributed by atoms with Gasteiger partial charge >= 0.3 is 0 Å². The molecule has 5 rings (SSSR count). The smallest absolute Gasteiger partial charge is 0.146 e. The summed E-state index contributed by atoms with van der Waals surface area (Å²) in [5, 5.41) is 4.81. The third-order valence-corrected chi connectivity index (χ3v) is 7.59. The molecule has 1 saturated heterocycles. The van der Waals surface area contributed by atoms with Crippen LogP contribution in [0.25, 0.3) is 10.2 Å².